The summed E-state index contributed by atoms with van der Waals surface area (Å²) in [5.74, 6) is 1.20. The molecule has 0 bridgehead atoms. The summed E-state index contributed by atoms with van der Waals surface area (Å²) in [5, 5.41) is 7.19. The van der Waals surface area contributed by atoms with E-state index in [9.17, 15) is 4.79 Å². The number of allylic oxidation sites excluding steroid dienone is 1. The molecule has 2 heterocycles. The minimum atomic E-state index is -0.281. The minimum Gasteiger partial charge on any atom is -0.494 e. The smallest absolute Gasteiger partial charge is 0.162 e. The zero-order chi connectivity index (χ0) is 27.1. The van der Waals surface area contributed by atoms with E-state index < -0.39 is 0 Å². The summed E-state index contributed by atoms with van der Waals surface area (Å²) in [4.78, 5) is 19.1. The number of nitrogens with one attached hydrogen (secondary N) is 1. The van der Waals surface area contributed by atoms with E-state index in [-0.39, 0.29) is 17.7 Å². The normalized spacial score (nSPS) is 18.4. The number of unbranched alkanes of at least 4 members (excludes halogenated alkanes) is 1. The van der Waals surface area contributed by atoms with Crippen molar-refractivity contribution in [3.05, 3.63) is 119 Å². The van der Waals surface area contributed by atoms with Crippen LogP contribution in [0, 0.1) is 0 Å². The van der Waals surface area contributed by atoms with Crippen LogP contribution in [0.2, 0.25) is 0 Å². The number of carbonyl (C=O) groups excluding carboxylic acids is 1. The molecule has 4 aromatic carbocycles. The number of aromatic nitrogens is 1. The lowest BCUT2D eigenvalue weighted by molar-refractivity contribution is -0.116. The Kier molecular flexibility index (Phi) is 6.31. The Morgan fingerprint density at radius 2 is 1.62 bits per heavy atom. The zero-order valence-electron chi connectivity index (χ0n) is 22.7. The van der Waals surface area contributed by atoms with Crippen molar-refractivity contribution in [2.24, 2.45) is 0 Å². The fourth-order valence-corrected chi connectivity index (χ4v) is 6.32. The molecule has 5 aromatic rings. The lowest BCUT2D eigenvalue weighted by atomic mass is 9.72. The number of ether oxygens (including phenoxy) is 1. The molecule has 2 aliphatic rings. The van der Waals surface area contributed by atoms with E-state index in [1.165, 1.54) is 16.3 Å². The first-order chi connectivity index (χ1) is 19.7. The van der Waals surface area contributed by atoms with Crippen molar-refractivity contribution in [2.45, 2.75) is 44.6 Å². The largest absolute Gasteiger partial charge is 0.494 e. The summed E-state index contributed by atoms with van der Waals surface area (Å²) in [6, 6.07) is 33.2. The molecule has 2 atom stereocenters. The molecule has 1 N–H and O–H groups in total. The summed E-state index contributed by atoms with van der Waals surface area (Å²) in [7, 11) is 0. The van der Waals surface area contributed by atoms with E-state index in [2.05, 4.69) is 79.0 Å². The number of nitrogens with zero attached hydrogens (tertiary/aromatic N) is 1. The van der Waals surface area contributed by atoms with Crippen molar-refractivity contribution in [1.82, 2.24) is 4.98 Å². The topological polar surface area (TPSA) is 51.2 Å². The molecule has 0 unspecified atom stereocenters. The number of fused-ring (bicyclic) bond motifs is 5. The van der Waals surface area contributed by atoms with E-state index in [1.807, 2.05) is 30.3 Å². The molecule has 4 heteroatoms. The number of pyridine rings is 1. The minimum absolute atomic E-state index is 0.117. The van der Waals surface area contributed by atoms with E-state index in [0.717, 1.165) is 70.6 Å². The first-order valence-electron chi connectivity index (χ1n) is 14.3. The maximum atomic E-state index is 14.1. The Hall–Kier alpha value is -4.44. The van der Waals surface area contributed by atoms with Gasteiger partial charge >= 0.3 is 0 Å². The summed E-state index contributed by atoms with van der Waals surface area (Å²) < 4.78 is 5.89. The van der Waals surface area contributed by atoms with Crippen molar-refractivity contribution in [2.75, 3.05) is 11.9 Å². The van der Waals surface area contributed by atoms with Crippen LogP contribution in [0.1, 0.15) is 61.4 Å². The molecule has 198 valence electrons. The molecule has 1 aliphatic heterocycles. The van der Waals surface area contributed by atoms with Gasteiger partial charge in [0.1, 0.15) is 5.75 Å². The molecule has 0 spiro atoms. The first-order valence-corrected chi connectivity index (χ1v) is 14.3. The van der Waals surface area contributed by atoms with Crippen LogP contribution in [0.25, 0.3) is 27.2 Å². The summed E-state index contributed by atoms with van der Waals surface area (Å²) in [6.07, 6.45) is 3.45. The number of Topliss-reactive ketones (excluding diaryl/α,β-unsaturated/α-hetero) is 1. The average molecular weight is 525 g/mol. The highest BCUT2D eigenvalue weighted by Gasteiger charge is 2.39. The van der Waals surface area contributed by atoms with Crippen LogP contribution in [0.5, 0.6) is 5.75 Å². The molecule has 0 saturated carbocycles. The van der Waals surface area contributed by atoms with Gasteiger partial charge in [-0.25, -0.2) is 0 Å². The third kappa shape index (κ3) is 4.34. The lowest BCUT2D eigenvalue weighted by Gasteiger charge is -2.37. The summed E-state index contributed by atoms with van der Waals surface area (Å²) in [5.41, 5.74) is 7.23. The van der Waals surface area contributed by atoms with Crippen LogP contribution < -0.4 is 10.1 Å². The predicted molar refractivity (Wildman–Crippen MR) is 163 cm³/mol. The molecule has 0 amide bonds. The Labute approximate surface area is 234 Å². The molecular weight excluding hydrogens is 492 g/mol. The zero-order valence-corrected chi connectivity index (χ0v) is 22.7. The van der Waals surface area contributed by atoms with Crippen LogP contribution >= 0.6 is 0 Å². The van der Waals surface area contributed by atoms with Gasteiger partial charge in [-0.3, -0.25) is 9.78 Å². The standard InChI is InChI=1S/C36H32N2O2/c1-2-3-20-40-27-16-12-23(13-17-27)26-21-29-34-28-10-6-4-8-24(28)14-18-31(34)38-36(35(29)33(39)22-26)32-19-15-25-9-5-7-11-30(25)37-32/h4-19,26,36,38H,2-3,20-22H2,1H3/t26-,36+/m0/s1. The number of benzene rings is 4. The van der Waals surface area contributed by atoms with E-state index in [0.29, 0.717) is 6.42 Å². The first kappa shape index (κ1) is 24.6. The fraction of sp³-hybridized carbons (Fsp3) is 0.222. The number of anilines is 1. The van der Waals surface area contributed by atoms with Gasteiger partial charge in [-0.2, -0.15) is 0 Å². The monoisotopic (exact) mass is 524 g/mol. The van der Waals surface area contributed by atoms with Crippen LogP contribution in [0.15, 0.2) is 103 Å². The molecule has 0 radical (unpaired) electrons. The number of hydrogen-bond acceptors (Lipinski definition) is 4. The second kappa shape index (κ2) is 10.3. The molecule has 7 rings (SSSR count). The third-order valence-corrected chi connectivity index (χ3v) is 8.36. The maximum absolute atomic E-state index is 14.1. The van der Waals surface area contributed by atoms with Crippen LogP contribution in [-0.4, -0.2) is 17.4 Å². The number of hydrogen-bond donors (Lipinski definition) is 1. The Morgan fingerprint density at radius 1 is 0.850 bits per heavy atom. The van der Waals surface area contributed by atoms with E-state index >= 15 is 0 Å². The van der Waals surface area contributed by atoms with Crippen LogP contribution in [0.4, 0.5) is 5.69 Å². The number of carbonyl (C=O) groups is 1. The van der Waals surface area contributed by atoms with Gasteiger partial charge in [0.05, 0.1) is 23.9 Å². The molecular formula is C36H32N2O2. The second-order valence-corrected chi connectivity index (χ2v) is 10.9. The maximum Gasteiger partial charge on any atom is 0.162 e. The van der Waals surface area contributed by atoms with Crippen molar-refractivity contribution in [3.63, 3.8) is 0 Å². The number of ketones is 1. The van der Waals surface area contributed by atoms with Gasteiger partial charge in [-0.15, -0.1) is 0 Å². The van der Waals surface area contributed by atoms with Gasteiger partial charge in [-0.05, 0) is 71.0 Å². The number of rotatable bonds is 6. The van der Waals surface area contributed by atoms with Crippen molar-refractivity contribution in [3.8, 4) is 5.75 Å². The predicted octanol–water partition coefficient (Wildman–Crippen LogP) is 8.63. The highest BCUT2D eigenvalue weighted by molar-refractivity contribution is 6.13. The second-order valence-electron chi connectivity index (χ2n) is 10.9. The molecule has 40 heavy (non-hydrogen) atoms. The fourth-order valence-electron chi connectivity index (χ4n) is 6.32. The molecule has 0 fully saturated rings. The van der Waals surface area contributed by atoms with Crippen molar-refractivity contribution < 1.29 is 9.53 Å². The Balaban J connectivity index is 1.33. The highest BCUT2D eigenvalue weighted by atomic mass is 16.5. The summed E-state index contributed by atoms with van der Waals surface area (Å²) >= 11 is 0. The highest BCUT2D eigenvalue weighted by Crippen LogP contribution is 2.50. The van der Waals surface area contributed by atoms with Gasteiger partial charge in [0.2, 0.25) is 0 Å². The molecule has 1 aromatic heterocycles. The van der Waals surface area contributed by atoms with E-state index in [1.54, 1.807) is 0 Å². The SMILES string of the molecule is CCCCOc1ccc([C@@H]2CC(=O)C3=C(C2)c2c(ccc4ccccc24)N[C@@H]3c2ccc3ccccc3n2)cc1. The van der Waals surface area contributed by atoms with E-state index in [4.69, 9.17) is 9.72 Å². The van der Waals surface area contributed by atoms with Crippen molar-refractivity contribution in [1.29, 1.82) is 0 Å². The van der Waals surface area contributed by atoms with Gasteiger partial charge in [-0.1, -0.05) is 80.1 Å². The molecule has 0 saturated heterocycles. The number of para-hydroxylation sites is 1. The van der Waals surface area contributed by atoms with Gasteiger partial charge in [0.25, 0.3) is 0 Å². The van der Waals surface area contributed by atoms with Crippen LogP contribution in [0.3, 0.4) is 0 Å². The third-order valence-electron chi connectivity index (χ3n) is 8.36. The van der Waals surface area contributed by atoms with Gasteiger partial charge < -0.3 is 10.1 Å². The Bertz CT molecular complexity index is 1770. The van der Waals surface area contributed by atoms with Crippen molar-refractivity contribution >= 4 is 38.7 Å². The lowest BCUT2D eigenvalue weighted by Crippen LogP contribution is -2.30. The van der Waals surface area contributed by atoms with Crippen LogP contribution in [-0.2, 0) is 4.79 Å². The average Bonchev–Trinajstić information content (AvgIpc) is 3.00. The Morgan fingerprint density at radius 3 is 2.48 bits per heavy atom. The summed E-state index contributed by atoms with van der Waals surface area (Å²) in [6.45, 7) is 2.90. The molecule has 1 aliphatic carbocycles. The quantitative estimate of drug-likeness (QED) is 0.226. The van der Waals surface area contributed by atoms with Gasteiger partial charge in [0, 0.05) is 28.6 Å². The molecule has 4 nitrogen and oxygen atoms in total. The van der Waals surface area contributed by atoms with Gasteiger partial charge in [0.15, 0.2) is 5.78 Å².